The highest BCUT2D eigenvalue weighted by Crippen LogP contribution is 2.77. The lowest BCUT2D eigenvalue weighted by Crippen LogP contribution is -2.37. The van der Waals surface area contributed by atoms with Gasteiger partial charge in [-0.25, -0.2) is 0 Å². The minimum Gasteiger partial charge on any atom is -0.461 e. The molecule has 0 aromatic carbocycles. The molecule has 5 heteroatoms. The molecule has 0 amide bonds. The maximum Gasteiger partial charge on any atom is 0.313 e. The molecule has 7 unspecified atom stereocenters. The average molecular weight is 421 g/mol. The van der Waals surface area contributed by atoms with Crippen molar-refractivity contribution in [3.05, 3.63) is 0 Å². The van der Waals surface area contributed by atoms with Gasteiger partial charge in [-0.15, -0.1) is 0 Å². The third-order valence-electron chi connectivity index (χ3n) is 9.91. The van der Waals surface area contributed by atoms with Gasteiger partial charge in [0.15, 0.2) is 6.10 Å². The van der Waals surface area contributed by atoms with Crippen LogP contribution < -0.4 is 0 Å². The van der Waals surface area contributed by atoms with Crippen molar-refractivity contribution in [3.8, 4) is 0 Å². The van der Waals surface area contributed by atoms with Gasteiger partial charge in [0.25, 0.3) is 0 Å². The van der Waals surface area contributed by atoms with Crippen LogP contribution in [0.3, 0.4) is 0 Å². The van der Waals surface area contributed by atoms with Gasteiger partial charge < -0.3 is 14.6 Å². The zero-order valence-corrected chi connectivity index (χ0v) is 19.6. The molecule has 30 heavy (non-hydrogen) atoms. The van der Waals surface area contributed by atoms with E-state index >= 15 is 0 Å². The first kappa shape index (κ1) is 22.1. The van der Waals surface area contributed by atoms with E-state index in [4.69, 9.17) is 9.47 Å². The molecular formula is C25H40O5. The van der Waals surface area contributed by atoms with E-state index in [1.165, 1.54) is 0 Å². The van der Waals surface area contributed by atoms with Crippen LogP contribution in [0.25, 0.3) is 0 Å². The molecule has 4 saturated carbocycles. The Balaban J connectivity index is 1.38. The number of hydrogen-bond acceptors (Lipinski definition) is 5. The number of esters is 2. The summed E-state index contributed by atoms with van der Waals surface area (Å²) in [6.07, 6.45) is 5.36. The monoisotopic (exact) mass is 420 g/mol. The second kappa shape index (κ2) is 6.95. The Kier molecular flexibility index (Phi) is 5.12. The van der Waals surface area contributed by atoms with Crippen molar-refractivity contribution in [2.75, 3.05) is 13.2 Å². The van der Waals surface area contributed by atoms with Crippen LogP contribution in [0.4, 0.5) is 0 Å². The van der Waals surface area contributed by atoms with Gasteiger partial charge in [0, 0.05) is 0 Å². The van der Waals surface area contributed by atoms with E-state index in [2.05, 4.69) is 41.5 Å². The van der Waals surface area contributed by atoms with E-state index in [9.17, 15) is 14.7 Å². The quantitative estimate of drug-likeness (QED) is 0.647. The number of fused-ring (bicyclic) bond motifs is 2. The third kappa shape index (κ3) is 2.83. The number of aliphatic hydroxyl groups excluding tert-OH is 1. The molecule has 4 aliphatic rings. The summed E-state index contributed by atoms with van der Waals surface area (Å²) in [5.74, 6) is 1.36. The average Bonchev–Trinajstić information content (AvgIpc) is 3.40. The molecule has 4 aliphatic carbocycles. The number of carbonyl (C=O) groups is 2. The lowest BCUT2D eigenvalue weighted by atomic mass is 9.80. The molecule has 5 nitrogen and oxygen atoms in total. The van der Waals surface area contributed by atoms with E-state index in [-0.39, 0.29) is 36.0 Å². The summed E-state index contributed by atoms with van der Waals surface area (Å²) in [6.45, 7) is 12.7. The van der Waals surface area contributed by atoms with Crippen LogP contribution in [0.2, 0.25) is 0 Å². The molecule has 7 atom stereocenters. The van der Waals surface area contributed by atoms with E-state index in [0.717, 1.165) is 38.5 Å². The number of ether oxygens (including phenoxy) is 2. The first-order valence-electron chi connectivity index (χ1n) is 11.9. The summed E-state index contributed by atoms with van der Waals surface area (Å²) in [4.78, 5) is 26.3. The molecule has 0 bridgehead atoms. The van der Waals surface area contributed by atoms with Gasteiger partial charge >= 0.3 is 11.9 Å². The smallest absolute Gasteiger partial charge is 0.313 e. The largest absolute Gasteiger partial charge is 0.461 e. The van der Waals surface area contributed by atoms with Crippen LogP contribution in [0.5, 0.6) is 0 Å². The fraction of sp³-hybridized carbons (Fsp3) is 0.920. The Morgan fingerprint density at radius 3 is 1.80 bits per heavy atom. The lowest BCUT2D eigenvalue weighted by Gasteiger charge is -2.29. The highest BCUT2D eigenvalue weighted by molar-refractivity contribution is 5.84. The molecule has 0 heterocycles. The number of carbonyl (C=O) groups excluding carboxylic acids is 2. The summed E-state index contributed by atoms with van der Waals surface area (Å²) < 4.78 is 11.5. The minimum atomic E-state index is -0.789. The van der Waals surface area contributed by atoms with Crippen molar-refractivity contribution in [1.82, 2.24) is 0 Å². The molecule has 170 valence electrons. The van der Waals surface area contributed by atoms with Crippen LogP contribution in [0.1, 0.15) is 80.1 Å². The van der Waals surface area contributed by atoms with E-state index < -0.39 is 16.9 Å². The van der Waals surface area contributed by atoms with Crippen molar-refractivity contribution >= 4 is 11.9 Å². The molecule has 0 spiro atoms. The Labute approximate surface area is 181 Å². The SMILES string of the molecule is CC1CCC2C(C)(C)C2(C(=O)OCC(CO)OC(=O)C23CC(C)CCC2C3(C)C)C1. The van der Waals surface area contributed by atoms with Gasteiger partial charge in [0.1, 0.15) is 6.61 Å². The molecule has 0 aromatic heterocycles. The minimum absolute atomic E-state index is 0.0390. The van der Waals surface area contributed by atoms with Crippen molar-refractivity contribution in [2.24, 2.45) is 45.3 Å². The van der Waals surface area contributed by atoms with Gasteiger partial charge in [0.05, 0.1) is 17.4 Å². The molecule has 0 aliphatic heterocycles. The molecule has 0 aromatic rings. The summed E-state index contributed by atoms with van der Waals surface area (Å²) >= 11 is 0. The predicted molar refractivity (Wildman–Crippen MR) is 113 cm³/mol. The van der Waals surface area contributed by atoms with Crippen molar-refractivity contribution in [3.63, 3.8) is 0 Å². The van der Waals surface area contributed by atoms with Crippen molar-refractivity contribution in [2.45, 2.75) is 86.2 Å². The fourth-order valence-electron chi connectivity index (χ4n) is 7.82. The highest BCUT2D eigenvalue weighted by Gasteiger charge is 2.77. The van der Waals surface area contributed by atoms with Crippen molar-refractivity contribution in [1.29, 1.82) is 0 Å². The predicted octanol–water partition coefficient (Wildman–Crippen LogP) is 4.36. The molecule has 1 N–H and O–H groups in total. The summed E-state index contributed by atoms with van der Waals surface area (Å²) in [6, 6.07) is 0. The zero-order valence-electron chi connectivity index (χ0n) is 19.6. The van der Waals surface area contributed by atoms with Gasteiger partial charge in [-0.3, -0.25) is 9.59 Å². The fourth-order valence-corrected chi connectivity index (χ4v) is 7.82. The maximum atomic E-state index is 13.2. The van der Waals surface area contributed by atoms with E-state index in [1.807, 2.05) is 0 Å². The lowest BCUT2D eigenvalue weighted by molar-refractivity contribution is -0.172. The van der Waals surface area contributed by atoms with Gasteiger partial charge in [-0.05, 0) is 60.2 Å². The van der Waals surface area contributed by atoms with Crippen LogP contribution in [0.15, 0.2) is 0 Å². The Hall–Kier alpha value is -1.10. The molecule has 4 fully saturated rings. The molecule has 0 saturated heterocycles. The number of hydrogen-bond donors (Lipinski definition) is 1. The molecule has 0 radical (unpaired) electrons. The van der Waals surface area contributed by atoms with E-state index in [0.29, 0.717) is 23.7 Å². The third-order valence-corrected chi connectivity index (χ3v) is 9.91. The van der Waals surface area contributed by atoms with Crippen LogP contribution in [-0.4, -0.2) is 36.4 Å². The van der Waals surface area contributed by atoms with Crippen molar-refractivity contribution < 1.29 is 24.2 Å². The first-order chi connectivity index (χ1) is 13.9. The van der Waals surface area contributed by atoms with Crippen LogP contribution in [-0.2, 0) is 19.1 Å². The Morgan fingerprint density at radius 2 is 1.33 bits per heavy atom. The standard InChI is InChI=1S/C25H40O5/c1-15-7-9-18-22(3,4)24(18,11-15)20(27)29-14-17(13-26)30-21(28)25-12-16(2)8-10-19(25)23(25,5)6/h15-19,26H,7-14H2,1-6H3. The van der Waals surface area contributed by atoms with Gasteiger partial charge in [0.2, 0.25) is 0 Å². The second-order valence-corrected chi connectivity index (χ2v) is 12.1. The van der Waals surface area contributed by atoms with Crippen LogP contribution in [0, 0.1) is 45.3 Å². The number of rotatable bonds is 6. The maximum absolute atomic E-state index is 13.2. The van der Waals surface area contributed by atoms with Gasteiger partial charge in [-0.1, -0.05) is 54.4 Å². The highest BCUT2D eigenvalue weighted by atomic mass is 16.6. The zero-order chi connectivity index (χ0) is 22.1. The Morgan fingerprint density at radius 1 is 0.867 bits per heavy atom. The van der Waals surface area contributed by atoms with Crippen LogP contribution >= 0.6 is 0 Å². The van der Waals surface area contributed by atoms with Gasteiger partial charge in [-0.2, -0.15) is 0 Å². The summed E-state index contributed by atoms with van der Waals surface area (Å²) in [7, 11) is 0. The second-order valence-electron chi connectivity index (χ2n) is 12.1. The van der Waals surface area contributed by atoms with E-state index in [1.54, 1.807) is 0 Å². The molecule has 4 rings (SSSR count). The topological polar surface area (TPSA) is 72.8 Å². The summed E-state index contributed by atoms with van der Waals surface area (Å²) in [5.41, 5.74) is -0.949. The normalized spacial score (nSPS) is 43.6. The molecular weight excluding hydrogens is 380 g/mol. The number of aliphatic hydroxyl groups is 1. The first-order valence-corrected chi connectivity index (χ1v) is 11.9. The Bertz CT molecular complexity index is 727. The summed E-state index contributed by atoms with van der Waals surface area (Å²) in [5, 5.41) is 9.83.